The van der Waals surface area contributed by atoms with Gasteiger partial charge in [0.25, 0.3) is 12.1 Å². The van der Waals surface area contributed by atoms with E-state index in [-0.39, 0.29) is 0 Å². The van der Waals surface area contributed by atoms with Crippen molar-refractivity contribution < 1.29 is 35.9 Å². The summed E-state index contributed by atoms with van der Waals surface area (Å²) in [7, 11) is 0. The van der Waals surface area contributed by atoms with Crippen LogP contribution in [0.4, 0.5) is 26.3 Å². The number of hydrogen-bond acceptors (Lipinski definition) is 2. The third-order valence-electron chi connectivity index (χ3n) is 1.41. The van der Waals surface area contributed by atoms with Crippen LogP contribution in [-0.2, 0) is 9.53 Å². The van der Waals surface area contributed by atoms with Gasteiger partial charge in [0.1, 0.15) is 6.61 Å². The third-order valence-corrected chi connectivity index (χ3v) is 1.41. The van der Waals surface area contributed by atoms with Crippen molar-refractivity contribution >= 4 is 5.97 Å². The molecule has 88 valence electrons. The molecule has 1 atom stereocenters. The molecule has 0 heterocycles. The first-order valence-corrected chi connectivity index (χ1v) is 3.48. The van der Waals surface area contributed by atoms with E-state index >= 15 is 0 Å². The van der Waals surface area contributed by atoms with Gasteiger partial charge in [0.2, 0.25) is 0 Å². The van der Waals surface area contributed by atoms with Crippen molar-refractivity contribution in [2.45, 2.75) is 18.3 Å². The molecule has 0 aromatic carbocycles. The van der Waals surface area contributed by atoms with Crippen molar-refractivity contribution in [2.75, 3.05) is 6.61 Å². The van der Waals surface area contributed by atoms with E-state index in [4.69, 9.17) is 0 Å². The Balaban J connectivity index is 4.68. The summed E-state index contributed by atoms with van der Waals surface area (Å²) in [5.74, 6) is -1.41. The molecule has 0 saturated carbocycles. The topological polar surface area (TPSA) is 26.3 Å². The van der Waals surface area contributed by atoms with Gasteiger partial charge in [0, 0.05) is 6.08 Å². The highest BCUT2D eigenvalue weighted by Gasteiger charge is 2.63. The Morgan fingerprint density at radius 1 is 1.33 bits per heavy atom. The van der Waals surface area contributed by atoms with E-state index in [2.05, 4.69) is 11.3 Å². The van der Waals surface area contributed by atoms with Crippen LogP contribution >= 0.6 is 0 Å². The summed E-state index contributed by atoms with van der Waals surface area (Å²) in [6, 6.07) is 0. The summed E-state index contributed by atoms with van der Waals surface area (Å²) in [4.78, 5) is 10.3. The molecule has 0 aromatic heterocycles. The molecule has 0 bridgehead atoms. The fraction of sp³-hybridized carbons (Fsp3) is 0.571. The largest absolute Gasteiger partial charge is 0.459 e. The first kappa shape index (κ1) is 13.8. The van der Waals surface area contributed by atoms with E-state index in [9.17, 15) is 31.1 Å². The maximum atomic E-state index is 12.7. The standard InChI is InChI=1S/C7H6F6O2/c1-2-4(14)15-3-6(10,5(8)9)7(11,12)13/h2,5H,1,3H2. The minimum Gasteiger partial charge on any atom is -0.459 e. The van der Waals surface area contributed by atoms with Gasteiger partial charge in [-0.05, 0) is 0 Å². The van der Waals surface area contributed by atoms with Crippen LogP contribution in [0.3, 0.4) is 0 Å². The lowest BCUT2D eigenvalue weighted by Crippen LogP contribution is -2.51. The zero-order valence-corrected chi connectivity index (χ0v) is 7.15. The molecular weight excluding hydrogens is 230 g/mol. The molecule has 1 unspecified atom stereocenters. The molecule has 0 aliphatic heterocycles. The number of carbonyl (C=O) groups is 1. The Labute approximate surface area is 80.5 Å². The summed E-state index contributed by atoms with van der Waals surface area (Å²) in [5.41, 5.74) is -4.86. The van der Waals surface area contributed by atoms with Gasteiger partial charge < -0.3 is 4.74 Å². The van der Waals surface area contributed by atoms with Crippen LogP contribution in [0.2, 0.25) is 0 Å². The Morgan fingerprint density at radius 3 is 2.07 bits per heavy atom. The fourth-order valence-corrected chi connectivity index (χ4v) is 0.504. The Hall–Kier alpha value is -1.21. The average Bonchev–Trinajstić information content (AvgIpc) is 2.11. The molecular formula is C7H6F6O2. The number of carbonyl (C=O) groups excluding carboxylic acids is 1. The summed E-state index contributed by atoms with van der Waals surface area (Å²) in [6.07, 6.45) is -9.72. The number of rotatable bonds is 4. The van der Waals surface area contributed by atoms with Crippen molar-refractivity contribution in [3.05, 3.63) is 12.7 Å². The van der Waals surface area contributed by atoms with E-state index in [1.807, 2.05) is 0 Å². The van der Waals surface area contributed by atoms with Gasteiger partial charge in [0.15, 0.2) is 0 Å². The van der Waals surface area contributed by atoms with Gasteiger partial charge in [0.05, 0.1) is 0 Å². The third kappa shape index (κ3) is 3.14. The molecule has 0 N–H and O–H groups in total. The monoisotopic (exact) mass is 236 g/mol. The lowest BCUT2D eigenvalue weighted by Gasteiger charge is -2.25. The van der Waals surface area contributed by atoms with E-state index in [1.165, 1.54) is 0 Å². The van der Waals surface area contributed by atoms with Gasteiger partial charge in [-0.2, -0.15) is 13.2 Å². The van der Waals surface area contributed by atoms with Gasteiger partial charge in [-0.1, -0.05) is 6.58 Å². The predicted octanol–water partition coefficient (Wildman–Crippen LogP) is 2.25. The SMILES string of the molecule is C=CC(=O)OCC(F)(C(F)F)C(F)(F)F. The lowest BCUT2D eigenvalue weighted by atomic mass is 10.1. The second-order valence-electron chi connectivity index (χ2n) is 2.47. The number of hydrogen-bond donors (Lipinski definition) is 0. The normalized spacial score (nSPS) is 15.9. The van der Waals surface area contributed by atoms with Crippen LogP contribution in [0.1, 0.15) is 0 Å². The van der Waals surface area contributed by atoms with Crippen LogP contribution in [0.25, 0.3) is 0 Å². The summed E-state index contributed by atoms with van der Waals surface area (Å²) < 4.78 is 75.5. The van der Waals surface area contributed by atoms with Crippen molar-refractivity contribution in [3.8, 4) is 0 Å². The van der Waals surface area contributed by atoms with Gasteiger partial charge in [-0.15, -0.1) is 0 Å². The molecule has 0 aliphatic rings. The van der Waals surface area contributed by atoms with Gasteiger partial charge >= 0.3 is 12.1 Å². The molecule has 0 saturated heterocycles. The minimum atomic E-state index is -5.82. The molecule has 0 aliphatic carbocycles. The van der Waals surface area contributed by atoms with Crippen LogP contribution in [-0.4, -0.2) is 30.8 Å². The maximum absolute atomic E-state index is 12.7. The van der Waals surface area contributed by atoms with Crippen molar-refractivity contribution in [2.24, 2.45) is 0 Å². The fourth-order valence-electron chi connectivity index (χ4n) is 0.504. The lowest BCUT2D eigenvalue weighted by molar-refractivity contribution is -0.279. The number of alkyl halides is 6. The van der Waals surface area contributed by atoms with Gasteiger partial charge in [-0.25, -0.2) is 18.0 Å². The van der Waals surface area contributed by atoms with Crippen LogP contribution < -0.4 is 0 Å². The second kappa shape index (κ2) is 4.54. The molecule has 8 heteroatoms. The molecule has 0 amide bonds. The Morgan fingerprint density at radius 2 is 1.80 bits per heavy atom. The molecule has 0 radical (unpaired) electrons. The smallest absolute Gasteiger partial charge is 0.431 e. The van der Waals surface area contributed by atoms with Gasteiger partial charge in [-0.3, -0.25) is 0 Å². The average molecular weight is 236 g/mol. The molecule has 0 fully saturated rings. The van der Waals surface area contributed by atoms with Crippen LogP contribution in [0, 0.1) is 0 Å². The minimum absolute atomic E-state index is 0.433. The molecule has 0 rings (SSSR count). The van der Waals surface area contributed by atoms with Crippen molar-refractivity contribution in [3.63, 3.8) is 0 Å². The highest BCUT2D eigenvalue weighted by Crippen LogP contribution is 2.39. The molecule has 2 nitrogen and oxygen atoms in total. The van der Waals surface area contributed by atoms with Crippen LogP contribution in [0.5, 0.6) is 0 Å². The summed E-state index contributed by atoms with van der Waals surface area (Å²) in [6.45, 7) is 0.704. The number of ether oxygens (including phenoxy) is 1. The Bertz CT molecular complexity index is 248. The summed E-state index contributed by atoms with van der Waals surface area (Å²) in [5, 5.41) is 0. The number of halogens is 6. The highest BCUT2D eigenvalue weighted by molar-refractivity contribution is 5.81. The predicted molar refractivity (Wildman–Crippen MR) is 37.1 cm³/mol. The first-order chi connectivity index (χ1) is 6.65. The van der Waals surface area contributed by atoms with E-state index in [0.717, 1.165) is 0 Å². The van der Waals surface area contributed by atoms with Crippen molar-refractivity contribution in [1.82, 2.24) is 0 Å². The van der Waals surface area contributed by atoms with E-state index in [1.54, 1.807) is 0 Å². The zero-order valence-electron chi connectivity index (χ0n) is 7.15. The van der Waals surface area contributed by atoms with E-state index in [0.29, 0.717) is 6.08 Å². The van der Waals surface area contributed by atoms with E-state index < -0.39 is 30.8 Å². The second-order valence-corrected chi connectivity index (χ2v) is 2.47. The highest BCUT2D eigenvalue weighted by atomic mass is 19.4. The zero-order chi connectivity index (χ0) is 12.3. The molecule has 0 aromatic rings. The van der Waals surface area contributed by atoms with Crippen molar-refractivity contribution in [1.29, 1.82) is 0 Å². The molecule has 0 spiro atoms. The number of esters is 1. The Kier molecular flexibility index (Phi) is 4.17. The first-order valence-electron chi connectivity index (χ1n) is 3.48. The van der Waals surface area contributed by atoms with Crippen LogP contribution in [0.15, 0.2) is 12.7 Å². The molecule has 15 heavy (non-hydrogen) atoms. The summed E-state index contributed by atoms with van der Waals surface area (Å²) >= 11 is 0. The quantitative estimate of drug-likeness (QED) is 0.425. The maximum Gasteiger partial charge on any atom is 0.431 e.